The van der Waals surface area contributed by atoms with Crippen LogP contribution in [0.2, 0.25) is 0 Å². The molecule has 0 spiro atoms. The lowest BCUT2D eigenvalue weighted by Crippen LogP contribution is -2.23. The van der Waals surface area contributed by atoms with Crippen molar-refractivity contribution in [3.05, 3.63) is 17.5 Å². The lowest BCUT2D eigenvalue weighted by Gasteiger charge is -2.16. The molecule has 0 bridgehead atoms. The summed E-state index contributed by atoms with van der Waals surface area (Å²) in [5, 5.41) is 8.14. The molecule has 1 saturated heterocycles. The van der Waals surface area contributed by atoms with Gasteiger partial charge in [-0.05, 0) is 39.3 Å². The Morgan fingerprint density at radius 3 is 3.13 bits per heavy atom. The molecule has 0 aliphatic carbocycles. The summed E-state index contributed by atoms with van der Waals surface area (Å²) in [5.41, 5.74) is 2.51. The van der Waals surface area contributed by atoms with Crippen molar-refractivity contribution in [1.29, 1.82) is 0 Å². The second kappa shape index (κ2) is 4.79. The van der Waals surface area contributed by atoms with Crippen LogP contribution in [0.4, 0.5) is 0 Å². The van der Waals surface area contributed by atoms with Gasteiger partial charge in [0.2, 0.25) is 0 Å². The predicted molar refractivity (Wildman–Crippen MR) is 61.8 cm³/mol. The summed E-state index contributed by atoms with van der Waals surface area (Å²) in [7, 11) is 0. The Hall–Kier alpha value is -0.830. The highest BCUT2D eigenvalue weighted by Crippen LogP contribution is 2.23. The zero-order chi connectivity index (χ0) is 10.7. The normalized spacial score (nSPS) is 22.7. The lowest BCUT2D eigenvalue weighted by atomic mass is 10.1. The standard InChI is InChI=1S/C12H21N3/c1-3-15-12(9-10(2)14-15)11-7-5-4-6-8-13-11/h9,11,13H,3-8H2,1-2H3. The highest BCUT2D eigenvalue weighted by atomic mass is 15.3. The number of nitrogens with one attached hydrogen (secondary N) is 1. The Balaban J connectivity index is 2.18. The summed E-state index contributed by atoms with van der Waals surface area (Å²) in [4.78, 5) is 0. The van der Waals surface area contributed by atoms with Gasteiger partial charge >= 0.3 is 0 Å². The van der Waals surface area contributed by atoms with Crippen molar-refractivity contribution in [3.8, 4) is 0 Å². The van der Waals surface area contributed by atoms with E-state index in [4.69, 9.17) is 0 Å². The molecule has 1 aliphatic heterocycles. The zero-order valence-corrected chi connectivity index (χ0v) is 9.79. The number of rotatable bonds is 2. The van der Waals surface area contributed by atoms with Gasteiger partial charge in [0, 0.05) is 12.6 Å². The van der Waals surface area contributed by atoms with Crippen LogP contribution in [-0.4, -0.2) is 16.3 Å². The van der Waals surface area contributed by atoms with Crippen molar-refractivity contribution in [2.45, 2.75) is 52.1 Å². The van der Waals surface area contributed by atoms with E-state index in [9.17, 15) is 0 Å². The van der Waals surface area contributed by atoms with Crippen molar-refractivity contribution < 1.29 is 0 Å². The summed E-state index contributed by atoms with van der Waals surface area (Å²) in [6, 6.07) is 2.75. The van der Waals surface area contributed by atoms with Crippen molar-refractivity contribution in [2.75, 3.05) is 6.54 Å². The van der Waals surface area contributed by atoms with E-state index >= 15 is 0 Å². The number of hydrogen-bond acceptors (Lipinski definition) is 2. The molecule has 0 aromatic carbocycles. The fraction of sp³-hybridized carbons (Fsp3) is 0.750. The van der Waals surface area contributed by atoms with Crippen LogP contribution in [0.25, 0.3) is 0 Å². The first kappa shape index (κ1) is 10.7. The second-order valence-corrected chi connectivity index (χ2v) is 4.38. The van der Waals surface area contributed by atoms with Gasteiger partial charge in [0.25, 0.3) is 0 Å². The molecule has 1 aromatic heterocycles. The largest absolute Gasteiger partial charge is 0.309 e. The molecule has 84 valence electrons. The molecule has 1 fully saturated rings. The number of aromatic nitrogens is 2. The Morgan fingerprint density at radius 2 is 2.33 bits per heavy atom. The fourth-order valence-corrected chi connectivity index (χ4v) is 2.38. The zero-order valence-electron chi connectivity index (χ0n) is 9.79. The highest BCUT2D eigenvalue weighted by molar-refractivity contribution is 5.13. The summed E-state index contributed by atoms with van der Waals surface area (Å²) < 4.78 is 2.14. The van der Waals surface area contributed by atoms with Crippen molar-refractivity contribution in [1.82, 2.24) is 15.1 Å². The molecule has 1 N–H and O–H groups in total. The fourth-order valence-electron chi connectivity index (χ4n) is 2.38. The summed E-state index contributed by atoms with van der Waals surface area (Å²) in [6.07, 6.45) is 5.27. The first-order valence-electron chi connectivity index (χ1n) is 6.09. The van der Waals surface area contributed by atoms with Gasteiger partial charge in [0.15, 0.2) is 0 Å². The molecule has 0 radical (unpaired) electrons. The maximum absolute atomic E-state index is 4.51. The first-order valence-corrected chi connectivity index (χ1v) is 6.09. The van der Waals surface area contributed by atoms with Gasteiger partial charge in [0.05, 0.1) is 11.4 Å². The van der Waals surface area contributed by atoms with Crippen LogP contribution in [0.3, 0.4) is 0 Å². The molecular weight excluding hydrogens is 186 g/mol. The monoisotopic (exact) mass is 207 g/mol. The topological polar surface area (TPSA) is 29.9 Å². The maximum Gasteiger partial charge on any atom is 0.0597 e. The Bertz CT molecular complexity index is 309. The molecule has 1 atom stereocenters. The highest BCUT2D eigenvalue weighted by Gasteiger charge is 2.17. The van der Waals surface area contributed by atoms with E-state index in [1.165, 1.54) is 31.4 Å². The van der Waals surface area contributed by atoms with Gasteiger partial charge in [-0.25, -0.2) is 0 Å². The molecule has 2 rings (SSSR count). The van der Waals surface area contributed by atoms with Crippen molar-refractivity contribution >= 4 is 0 Å². The van der Waals surface area contributed by atoms with Crippen LogP contribution >= 0.6 is 0 Å². The molecule has 3 heteroatoms. The SMILES string of the molecule is CCn1nc(C)cc1C1CCCCCN1. The lowest BCUT2D eigenvalue weighted by molar-refractivity contribution is 0.479. The van der Waals surface area contributed by atoms with Gasteiger partial charge < -0.3 is 5.32 Å². The second-order valence-electron chi connectivity index (χ2n) is 4.38. The van der Waals surface area contributed by atoms with Gasteiger partial charge in [-0.3, -0.25) is 4.68 Å². The molecule has 0 saturated carbocycles. The Morgan fingerprint density at radius 1 is 1.47 bits per heavy atom. The van der Waals surface area contributed by atoms with Gasteiger partial charge in [-0.1, -0.05) is 12.8 Å². The summed E-state index contributed by atoms with van der Waals surface area (Å²) >= 11 is 0. The van der Waals surface area contributed by atoms with Crippen LogP contribution < -0.4 is 5.32 Å². The van der Waals surface area contributed by atoms with Crippen LogP contribution in [0, 0.1) is 6.92 Å². The van der Waals surface area contributed by atoms with Gasteiger partial charge in [-0.15, -0.1) is 0 Å². The average Bonchev–Trinajstić information content (AvgIpc) is 2.47. The van der Waals surface area contributed by atoms with Gasteiger partial charge in [-0.2, -0.15) is 5.10 Å². The van der Waals surface area contributed by atoms with Crippen molar-refractivity contribution in [3.63, 3.8) is 0 Å². The molecule has 0 amide bonds. The summed E-state index contributed by atoms with van der Waals surface area (Å²) in [6.45, 7) is 6.36. The van der Waals surface area contributed by atoms with Crippen LogP contribution in [-0.2, 0) is 6.54 Å². The third kappa shape index (κ3) is 2.40. The van der Waals surface area contributed by atoms with Crippen LogP contribution in [0.5, 0.6) is 0 Å². The third-order valence-corrected chi connectivity index (χ3v) is 3.15. The number of aryl methyl sites for hydroxylation is 2. The Kier molecular flexibility index (Phi) is 3.41. The van der Waals surface area contributed by atoms with E-state index in [0.29, 0.717) is 6.04 Å². The molecule has 2 heterocycles. The van der Waals surface area contributed by atoms with E-state index < -0.39 is 0 Å². The first-order chi connectivity index (χ1) is 7.31. The third-order valence-electron chi connectivity index (χ3n) is 3.15. The molecule has 1 unspecified atom stereocenters. The van der Waals surface area contributed by atoms with E-state index in [2.05, 4.69) is 35.0 Å². The Labute approximate surface area is 91.9 Å². The molecule has 1 aliphatic rings. The average molecular weight is 207 g/mol. The summed E-state index contributed by atoms with van der Waals surface area (Å²) in [5.74, 6) is 0. The quantitative estimate of drug-likeness (QED) is 0.807. The number of hydrogen-bond donors (Lipinski definition) is 1. The minimum absolute atomic E-state index is 0.522. The number of nitrogens with zero attached hydrogens (tertiary/aromatic N) is 2. The molecular formula is C12H21N3. The van der Waals surface area contributed by atoms with E-state index in [1.54, 1.807) is 0 Å². The minimum Gasteiger partial charge on any atom is -0.309 e. The van der Waals surface area contributed by atoms with E-state index in [-0.39, 0.29) is 0 Å². The minimum atomic E-state index is 0.522. The maximum atomic E-state index is 4.51. The molecule has 3 nitrogen and oxygen atoms in total. The molecule has 15 heavy (non-hydrogen) atoms. The van der Waals surface area contributed by atoms with Gasteiger partial charge in [0.1, 0.15) is 0 Å². The smallest absolute Gasteiger partial charge is 0.0597 e. The van der Waals surface area contributed by atoms with Crippen LogP contribution in [0.15, 0.2) is 6.07 Å². The van der Waals surface area contributed by atoms with Crippen LogP contribution in [0.1, 0.15) is 50.0 Å². The van der Waals surface area contributed by atoms with E-state index in [1.807, 2.05) is 0 Å². The van der Waals surface area contributed by atoms with Crippen molar-refractivity contribution in [2.24, 2.45) is 0 Å². The molecule has 1 aromatic rings. The van der Waals surface area contributed by atoms with E-state index in [0.717, 1.165) is 18.8 Å². The predicted octanol–water partition coefficient (Wildman–Crippen LogP) is 2.42.